The molecule has 29 heavy (non-hydrogen) atoms. The van der Waals surface area contributed by atoms with E-state index in [1.165, 1.54) is 0 Å². The van der Waals surface area contributed by atoms with Gasteiger partial charge in [-0.25, -0.2) is 0 Å². The number of ether oxygens (including phenoxy) is 1. The lowest BCUT2D eigenvalue weighted by Crippen LogP contribution is -2.18. The third-order valence-corrected chi connectivity index (χ3v) is 4.31. The van der Waals surface area contributed by atoms with Crippen LogP contribution in [-0.2, 0) is 0 Å². The van der Waals surface area contributed by atoms with Crippen LogP contribution in [0.1, 0.15) is 40.5 Å². The molecule has 3 aromatic carbocycles. The number of amides is 2. The van der Waals surface area contributed by atoms with E-state index in [0.717, 1.165) is 12.8 Å². The first-order valence-corrected chi connectivity index (χ1v) is 9.67. The van der Waals surface area contributed by atoms with Crippen molar-refractivity contribution in [2.24, 2.45) is 0 Å². The predicted octanol–water partition coefficient (Wildman–Crippen LogP) is 5.37. The average molecular weight is 388 g/mol. The van der Waals surface area contributed by atoms with E-state index in [9.17, 15) is 9.59 Å². The molecule has 148 valence electrons. The van der Waals surface area contributed by atoms with Crippen molar-refractivity contribution in [1.29, 1.82) is 0 Å². The lowest BCUT2D eigenvalue weighted by atomic mass is 10.1. The Balaban J connectivity index is 1.73. The number of para-hydroxylation sites is 2. The van der Waals surface area contributed by atoms with E-state index < -0.39 is 0 Å². The van der Waals surface area contributed by atoms with Crippen LogP contribution in [0.3, 0.4) is 0 Å². The Labute approximate surface area is 170 Å². The van der Waals surface area contributed by atoms with E-state index in [4.69, 9.17) is 4.74 Å². The van der Waals surface area contributed by atoms with Crippen molar-refractivity contribution in [1.82, 2.24) is 0 Å². The third-order valence-electron chi connectivity index (χ3n) is 4.31. The van der Waals surface area contributed by atoms with Crippen LogP contribution in [-0.4, -0.2) is 18.4 Å². The Morgan fingerprint density at radius 3 is 2.38 bits per heavy atom. The highest BCUT2D eigenvalue weighted by atomic mass is 16.5. The summed E-state index contributed by atoms with van der Waals surface area (Å²) in [5.41, 5.74) is 2.00. The fourth-order valence-electron chi connectivity index (χ4n) is 2.77. The molecule has 0 atom stereocenters. The molecule has 0 saturated carbocycles. The van der Waals surface area contributed by atoms with Crippen molar-refractivity contribution in [2.75, 3.05) is 17.2 Å². The van der Waals surface area contributed by atoms with Crippen LogP contribution in [0.4, 0.5) is 11.4 Å². The number of anilines is 2. The number of carbonyl (C=O) groups is 2. The molecule has 3 rings (SSSR count). The second kappa shape index (κ2) is 10.1. The van der Waals surface area contributed by atoms with E-state index in [1.54, 1.807) is 42.5 Å². The fraction of sp³-hybridized carbons (Fsp3) is 0.167. The Kier molecular flexibility index (Phi) is 7.00. The molecular weight excluding hydrogens is 364 g/mol. The average Bonchev–Trinajstić information content (AvgIpc) is 2.75. The van der Waals surface area contributed by atoms with Gasteiger partial charge in [-0.3, -0.25) is 9.59 Å². The van der Waals surface area contributed by atoms with Crippen LogP contribution in [0, 0.1) is 0 Å². The lowest BCUT2D eigenvalue weighted by Gasteiger charge is -2.12. The Morgan fingerprint density at radius 1 is 0.828 bits per heavy atom. The van der Waals surface area contributed by atoms with Gasteiger partial charge in [0, 0.05) is 11.3 Å². The monoisotopic (exact) mass is 388 g/mol. The Bertz CT molecular complexity index is 971. The van der Waals surface area contributed by atoms with Gasteiger partial charge < -0.3 is 15.4 Å². The molecule has 0 bridgehead atoms. The molecule has 0 heterocycles. The summed E-state index contributed by atoms with van der Waals surface area (Å²) < 4.78 is 5.67. The van der Waals surface area contributed by atoms with E-state index in [-0.39, 0.29) is 11.8 Å². The van der Waals surface area contributed by atoms with Gasteiger partial charge in [0.05, 0.1) is 17.9 Å². The van der Waals surface area contributed by atoms with Gasteiger partial charge in [-0.05, 0) is 48.9 Å². The minimum absolute atomic E-state index is 0.288. The highest BCUT2D eigenvalue weighted by Gasteiger charge is 2.14. The van der Waals surface area contributed by atoms with Crippen molar-refractivity contribution >= 4 is 23.2 Å². The number of rotatable bonds is 8. The van der Waals surface area contributed by atoms with Crippen molar-refractivity contribution in [3.63, 3.8) is 0 Å². The van der Waals surface area contributed by atoms with Crippen LogP contribution in [0.25, 0.3) is 0 Å². The molecule has 0 unspecified atom stereocenters. The lowest BCUT2D eigenvalue weighted by molar-refractivity contribution is 0.102. The van der Waals surface area contributed by atoms with Crippen LogP contribution < -0.4 is 15.4 Å². The third kappa shape index (κ3) is 5.69. The molecule has 3 aromatic rings. The molecule has 0 fully saturated rings. The van der Waals surface area contributed by atoms with Gasteiger partial charge in [-0.1, -0.05) is 49.7 Å². The molecule has 0 radical (unpaired) electrons. The van der Waals surface area contributed by atoms with Gasteiger partial charge >= 0.3 is 0 Å². The Morgan fingerprint density at radius 2 is 1.59 bits per heavy atom. The highest BCUT2D eigenvalue weighted by Crippen LogP contribution is 2.20. The smallest absolute Gasteiger partial charge is 0.257 e. The first-order chi connectivity index (χ1) is 14.2. The summed E-state index contributed by atoms with van der Waals surface area (Å²) >= 11 is 0. The van der Waals surface area contributed by atoms with Crippen LogP contribution >= 0.6 is 0 Å². The van der Waals surface area contributed by atoms with Gasteiger partial charge in [0.2, 0.25) is 0 Å². The molecule has 2 amide bonds. The summed E-state index contributed by atoms with van der Waals surface area (Å²) in [5.74, 6) is 0.0656. The topological polar surface area (TPSA) is 67.4 Å². The normalized spacial score (nSPS) is 10.2. The summed E-state index contributed by atoms with van der Waals surface area (Å²) in [7, 11) is 0. The summed E-state index contributed by atoms with van der Waals surface area (Å²) in [6, 6.07) is 23.1. The highest BCUT2D eigenvalue weighted by molar-refractivity contribution is 6.12. The second-order valence-electron chi connectivity index (χ2n) is 6.55. The quantitative estimate of drug-likeness (QED) is 0.510. The second-order valence-corrected chi connectivity index (χ2v) is 6.55. The van der Waals surface area contributed by atoms with Crippen LogP contribution in [0.15, 0.2) is 78.9 Å². The largest absolute Gasteiger partial charge is 0.494 e. The number of benzene rings is 3. The molecule has 0 spiro atoms. The summed E-state index contributed by atoms with van der Waals surface area (Å²) in [5, 5.41) is 5.67. The molecule has 0 aliphatic rings. The Hall–Kier alpha value is -3.60. The zero-order valence-corrected chi connectivity index (χ0v) is 16.4. The molecule has 5 heteroatoms. The number of hydrogen-bond acceptors (Lipinski definition) is 3. The molecule has 0 aliphatic heterocycles. The van der Waals surface area contributed by atoms with Crippen LogP contribution in [0.5, 0.6) is 5.75 Å². The minimum atomic E-state index is -0.300. The van der Waals surface area contributed by atoms with E-state index in [1.807, 2.05) is 36.4 Å². The van der Waals surface area contributed by atoms with Gasteiger partial charge in [-0.2, -0.15) is 0 Å². The van der Waals surface area contributed by atoms with Crippen molar-refractivity contribution in [3.8, 4) is 5.75 Å². The van der Waals surface area contributed by atoms with E-state index in [0.29, 0.717) is 34.9 Å². The van der Waals surface area contributed by atoms with Gasteiger partial charge in [0.25, 0.3) is 11.8 Å². The van der Waals surface area contributed by atoms with Crippen molar-refractivity contribution in [3.05, 3.63) is 90.0 Å². The zero-order valence-electron chi connectivity index (χ0n) is 16.4. The SMILES string of the molecule is CCCCOc1cccc(C(=O)Nc2ccccc2C(=O)Nc2ccccc2)c1. The zero-order chi connectivity index (χ0) is 20.5. The van der Waals surface area contributed by atoms with Gasteiger partial charge in [0.15, 0.2) is 0 Å². The standard InChI is InChI=1S/C24H24N2O3/c1-2-3-16-29-20-13-9-10-18(17-20)23(27)26-22-15-8-7-14-21(22)24(28)25-19-11-5-4-6-12-19/h4-15,17H,2-3,16H2,1H3,(H,25,28)(H,26,27). The predicted molar refractivity (Wildman–Crippen MR) is 116 cm³/mol. The number of unbranched alkanes of at least 4 members (excludes halogenated alkanes) is 1. The minimum Gasteiger partial charge on any atom is -0.494 e. The first-order valence-electron chi connectivity index (χ1n) is 9.67. The molecule has 5 nitrogen and oxygen atoms in total. The molecule has 0 aromatic heterocycles. The maximum atomic E-state index is 12.7. The molecule has 0 aliphatic carbocycles. The summed E-state index contributed by atoms with van der Waals surface area (Å²) in [6.45, 7) is 2.71. The first kappa shape index (κ1) is 20.1. The van der Waals surface area contributed by atoms with E-state index in [2.05, 4.69) is 17.6 Å². The maximum Gasteiger partial charge on any atom is 0.257 e. The molecule has 0 saturated heterocycles. The number of nitrogens with one attached hydrogen (secondary N) is 2. The number of hydrogen-bond donors (Lipinski definition) is 2. The summed E-state index contributed by atoms with van der Waals surface area (Å²) in [6.07, 6.45) is 2.00. The number of carbonyl (C=O) groups excluding carboxylic acids is 2. The van der Waals surface area contributed by atoms with Gasteiger partial charge in [-0.15, -0.1) is 0 Å². The molecule has 2 N–H and O–H groups in total. The fourth-order valence-corrected chi connectivity index (χ4v) is 2.77. The maximum absolute atomic E-state index is 12.7. The van der Waals surface area contributed by atoms with Crippen molar-refractivity contribution < 1.29 is 14.3 Å². The molecular formula is C24H24N2O3. The van der Waals surface area contributed by atoms with E-state index >= 15 is 0 Å². The van der Waals surface area contributed by atoms with Gasteiger partial charge in [0.1, 0.15) is 5.75 Å². The van der Waals surface area contributed by atoms with Crippen LogP contribution in [0.2, 0.25) is 0 Å². The summed E-state index contributed by atoms with van der Waals surface area (Å²) in [4.78, 5) is 25.4. The van der Waals surface area contributed by atoms with Crippen molar-refractivity contribution in [2.45, 2.75) is 19.8 Å².